The first-order valence-electron chi connectivity index (χ1n) is 5.10. The molecular weight excluding hydrogens is 254 g/mol. The van der Waals surface area contributed by atoms with Crippen LogP contribution in [0, 0.1) is 0 Å². The number of nitrogens with two attached hydrogens (primary N) is 2. The molecule has 7 nitrogen and oxygen atoms in total. The molecular formula is C10H13N5O2S. The fourth-order valence-electron chi connectivity index (χ4n) is 1.49. The monoisotopic (exact) mass is 267 g/mol. The van der Waals surface area contributed by atoms with Crippen LogP contribution in [-0.2, 0) is 16.6 Å². The van der Waals surface area contributed by atoms with Crippen molar-refractivity contribution < 1.29 is 8.42 Å². The highest BCUT2D eigenvalue weighted by Gasteiger charge is 2.14. The molecule has 1 aromatic heterocycles. The molecule has 6 N–H and O–H groups in total. The van der Waals surface area contributed by atoms with E-state index >= 15 is 0 Å². The number of benzene rings is 1. The third kappa shape index (κ3) is 2.79. The molecule has 0 radical (unpaired) electrons. The van der Waals surface area contributed by atoms with Crippen molar-refractivity contribution in [2.75, 3.05) is 11.1 Å². The van der Waals surface area contributed by atoms with E-state index in [9.17, 15) is 8.42 Å². The van der Waals surface area contributed by atoms with Crippen molar-refractivity contribution in [3.63, 3.8) is 0 Å². The van der Waals surface area contributed by atoms with Gasteiger partial charge in [0.15, 0.2) is 0 Å². The minimum absolute atomic E-state index is 0.0222. The van der Waals surface area contributed by atoms with Crippen molar-refractivity contribution in [2.24, 2.45) is 5.14 Å². The second-order valence-electron chi connectivity index (χ2n) is 3.76. The Morgan fingerprint density at radius 2 is 2.17 bits per heavy atom. The Balaban J connectivity index is 2.27. The number of H-pyrrole nitrogens is 1. The van der Waals surface area contributed by atoms with Crippen molar-refractivity contribution in [1.82, 2.24) is 10.2 Å². The average molecular weight is 267 g/mol. The van der Waals surface area contributed by atoms with Gasteiger partial charge in [0.1, 0.15) is 4.90 Å². The second-order valence-corrected chi connectivity index (χ2v) is 5.29. The summed E-state index contributed by atoms with van der Waals surface area (Å²) in [4.78, 5) is -0.0222. The molecule has 1 heterocycles. The van der Waals surface area contributed by atoms with Gasteiger partial charge < -0.3 is 11.1 Å². The number of nitrogens with one attached hydrogen (secondary N) is 2. The molecule has 0 unspecified atom stereocenters. The number of nitrogens with zero attached hydrogens (tertiary/aromatic N) is 1. The lowest BCUT2D eigenvalue weighted by Crippen LogP contribution is -2.15. The number of hydrogen-bond donors (Lipinski definition) is 4. The summed E-state index contributed by atoms with van der Waals surface area (Å²) in [5.74, 6) is 0. The average Bonchev–Trinajstić information content (AvgIpc) is 2.79. The van der Waals surface area contributed by atoms with E-state index in [-0.39, 0.29) is 4.90 Å². The topological polar surface area (TPSA) is 127 Å². The Kier molecular flexibility index (Phi) is 3.21. The van der Waals surface area contributed by atoms with Gasteiger partial charge in [0.2, 0.25) is 10.0 Å². The highest BCUT2D eigenvalue weighted by molar-refractivity contribution is 7.89. The molecule has 0 saturated heterocycles. The predicted octanol–water partition coefficient (Wildman–Crippen LogP) is 0.251. The molecule has 18 heavy (non-hydrogen) atoms. The first-order chi connectivity index (χ1) is 8.47. The summed E-state index contributed by atoms with van der Waals surface area (Å²) in [6.07, 6.45) is 3.35. The van der Waals surface area contributed by atoms with Crippen LogP contribution in [0.4, 0.5) is 11.4 Å². The van der Waals surface area contributed by atoms with E-state index in [2.05, 4.69) is 15.5 Å². The maximum Gasteiger partial charge on any atom is 0.240 e. The van der Waals surface area contributed by atoms with E-state index in [4.69, 9.17) is 10.9 Å². The molecule has 1 aromatic carbocycles. The molecule has 0 aliphatic carbocycles. The van der Waals surface area contributed by atoms with Crippen molar-refractivity contribution >= 4 is 21.4 Å². The number of anilines is 2. The van der Waals surface area contributed by atoms with Gasteiger partial charge in [-0.3, -0.25) is 5.10 Å². The van der Waals surface area contributed by atoms with Gasteiger partial charge in [-0.15, -0.1) is 0 Å². The Morgan fingerprint density at radius 3 is 2.78 bits per heavy atom. The molecule has 0 atom stereocenters. The molecule has 96 valence electrons. The Morgan fingerprint density at radius 1 is 1.39 bits per heavy atom. The van der Waals surface area contributed by atoms with Crippen LogP contribution in [0.15, 0.2) is 35.5 Å². The molecule has 0 fully saturated rings. The first kappa shape index (κ1) is 12.4. The highest BCUT2D eigenvalue weighted by atomic mass is 32.2. The summed E-state index contributed by atoms with van der Waals surface area (Å²) in [5.41, 5.74) is 7.20. The van der Waals surface area contributed by atoms with E-state index in [1.54, 1.807) is 24.5 Å². The number of hydrogen-bond acceptors (Lipinski definition) is 5. The third-order valence-corrected chi connectivity index (χ3v) is 3.30. The summed E-state index contributed by atoms with van der Waals surface area (Å²) < 4.78 is 22.9. The lowest BCUT2D eigenvalue weighted by atomic mass is 10.2. The van der Waals surface area contributed by atoms with Crippen LogP contribution >= 0.6 is 0 Å². The van der Waals surface area contributed by atoms with E-state index in [0.717, 1.165) is 5.56 Å². The van der Waals surface area contributed by atoms with Gasteiger partial charge in [0.25, 0.3) is 0 Å². The Bertz CT molecular complexity index is 636. The van der Waals surface area contributed by atoms with E-state index in [0.29, 0.717) is 17.9 Å². The highest BCUT2D eigenvalue weighted by Crippen LogP contribution is 2.23. The molecule has 8 heteroatoms. The lowest BCUT2D eigenvalue weighted by Gasteiger charge is -2.10. The normalized spacial score (nSPS) is 11.4. The van der Waals surface area contributed by atoms with Crippen molar-refractivity contribution in [3.05, 3.63) is 36.2 Å². The summed E-state index contributed by atoms with van der Waals surface area (Å²) in [6, 6.07) is 4.51. The van der Waals surface area contributed by atoms with Crippen LogP contribution in [0.3, 0.4) is 0 Å². The number of sulfonamides is 1. The maximum atomic E-state index is 11.4. The summed E-state index contributed by atoms with van der Waals surface area (Å²) in [6.45, 7) is 0.433. The SMILES string of the molecule is Nc1ccc(NCc2cn[nH]c2)c(S(N)(=O)=O)c1. The fraction of sp³-hybridized carbons (Fsp3) is 0.100. The summed E-state index contributed by atoms with van der Waals surface area (Å²) in [7, 11) is -3.81. The molecule has 0 aliphatic rings. The van der Waals surface area contributed by atoms with Crippen LogP contribution in [0.5, 0.6) is 0 Å². The number of rotatable bonds is 4. The number of aromatic amines is 1. The maximum absolute atomic E-state index is 11.4. The Labute approximate surface area is 104 Å². The van der Waals surface area contributed by atoms with Crippen molar-refractivity contribution in [1.29, 1.82) is 0 Å². The van der Waals surface area contributed by atoms with Gasteiger partial charge in [-0.1, -0.05) is 0 Å². The molecule has 0 amide bonds. The lowest BCUT2D eigenvalue weighted by molar-refractivity contribution is 0.598. The zero-order chi connectivity index (χ0) is 13.2. The summed E-state index contributed by atoms with van der Waals surface area (Å²) >= 11 is 0. The van der Waals surface area contributed by atoms with Crippen molar-refractivity contribution in [3.8, 4) is 0 Å². The van der Waals surface area contributed by atoms with Gasteiger partial charge in [0.05, 0.1) is 11.9 Å². The summed E-state index contributed by atoms with van der Waals surface area (Å²) in [5, 5.41) is 14.6. The standard InChI is InChI=1S/C10H13N5O2S/c11-8-1-2-9(10(3-8)18(12,16)17)13-4-7-5-14-15-6-7/h1-3,5-6,13H,4,11H2,(H,14,15)(H2,12,16,17). The van der Waals surface area contributed by atoms with Gasteiger partial charge in [-0.05, 0) is 18.2 Å². The molecule has 2 rings (SSSR count). The first-order valence-corrected chi connectivity index (χ1v) is 6.65. The predicted molar refractivity (Wildman–Crippen MR) is 68.1 cm³/mol. The number of nitrogen functional groups attached to an aromatic ring is 1. The van der Waals surface area contributed by atoms with Crippen LogP contribution in [0.25, 0.3) is 0 Å². The minimum atomic E-state index is -3.81. The van der Waals surface area contributed by atoms with Gasteiger partial charge >= 0.3 is 0 Å². The molecule has 0 bridgehead atoms. The second kappa shape index (κ2) is 4.67. The van der Waals surface area contributed by atoms with Gasteiger partial charge in [-0.25, -0.2) is 13.6 Å². The van der Waals surface area contributed by atoms with E-state index < -0.39 is 10.0 Å². The molecule has 2 aromatic rings. The Hall–Kier alpha value is -2.06. The minimum Gasteiger partial charge on any atom is -0.399 e. The molecule has 0 saturated carbocycles. The smallest absolute Gasteiger partial charge is 0.240 e. The number of primary sulfonamides is 1. The fourth-order valence-corrected chi connectivity index (χ4v) is 2.24. The van der Waals surface area contributed by atoms with Crippen LogP contribution in [0.2, 0.25) is 0 Å². The van der Waals surface area contributed by atoms with Crippen LogP contribution in [-0.4, -0.2) is 18.6 Å². The number of aromatic nitrogens is 2. The zero-order valence-corrected chi connectivity index (χ0v) is 10.2. The van der Waals surface area contributed by atoms with Crippen LogP contribution < -0.4 is 16.2 Å². The van der Waals surface area contributed by atoms with Gasteiger partial charge in [-0.2, -0.15) is 5.10 Å². The van der Waals surface area contributed by atoms with Crippen molar-refractivity contribution in [2.45, 2.75) is 11.4 Å². The third-order valence-electron chi connectivity index (χ3n) is 2.35. The quantitative estimate of drug-likeness (QED) is 0.590. The zero-order valence-electron chi connectivity index (χ0n) is 9.42. The van der Waals surface area contributed by atoms with E-state index in [1.807, 2.05) is 0 Å². The molecule has 0 aliphatic heterocycles. The largest absolute Gasteiger partial charge is 0.399 e. The van der Waals surface area contributed by atoms with Gasteiger partial charge in [0, 0.05) is 24.0 Å². The van der Waals surface area contributed by atoms with E-state index in [1.165, 1.54) is 6.07 Å². The molecule has 0 spiro atoms. The van der Waals surface area contributed by atoms with Crippen LogP contribution in [0.1, 0.15) is 5.56 Å².